The van der Waals surface area contributed by atoms with Crippen LogP contribution in [0.5, 0.6) is 0 Å². The minimum atomic E-state index is -0.461. The lowest BCUT2D eigenvalue weighted by Gasteiger charge is -2.34. The Kier molecular flexibility index (Phi) is 5.07. The predicted octanol–water partition coefficient (Wildman–Crippen LogP) is 4.82. The number of aliphatic hydroxyl groups is 1. The molecule has 0 aromatic heterocycles. The third kappa shape index (κ3) is 3.96. The summed E-state index contributed by atoms with van der Waals surface area (Å²) in [5.41, 5.74) is 1.77. The highest BCUT2D eigenvalue weighted by molar-refractivity contribution is 5.93. The summed E-state index contributed by atoms with van der Waals surface area (Å²) in [6, 6.07) is 23.8. The highest BCUT2D eigenvalue weighted by Crippen LogP contribution is 2.30. The number of piperidine rings is 1. The van der Waals surface area contributed by atoms with Crippen molar-refractivity contribution in [1.29, 1.82) is 0 Å². The molecular formula is C23H24N2O2. The Morgan fingerprint density at radius 1 is 0.926 bits per heavy atom. The van der Waals surface area contributed by atoms with Gasteiger partial charge in [0.1, 0.15) is 0 Å². The molecule has 1 fully saturated rings. The number of fused-ring (bicyclic) bond motifs is 1. The van der Waals surface area contributed by atoms with E-state index in [0.29, 0.717) is 13.1 Å². The Morgan fingerprint density at radius 2 is 1.59 bits per heavy atom. The number of aliphatic hydroxyl groups excluding tert-OH is 1. The van der Waals surface area contributed by atoms with Crippen molar-refractivity contribution in [3.05, 3.63) is 78.4 Å². The average molecular weight is 360 g/mol. The van der Waals surface area contributed by atoms with E-state index in [4.69, 9.17) is 0 Å². The smallest absolute Gasteiger partial charge is 0.321 e. The van der Waals surface area contributed by atoms with Crippen molar-refractivity contribution < 1.29 is 9.90 Å². The number of anilines is 1. The average Bonchev–Trinajstić information content (AvgIpc) is 2.74. The molecule has 3 aromatic carbocycles. The van der Waals surface area contributed by atoms with E-state index in [1.54, 1.807) is 0 Å². The van der Waals surface area contributed by atoms with Crippen LogP contribution in [0.1, 0.15) is 24.5 Å². The molecule has 4 rings (SSSR count). The molecule has 4 nitrogen and oxygen atoms in total. The van der Waals surface area contributed by atoms with Crippen LogP contribution in [-0.4, -0.2) is 29.1 Å². The number of carbonyl (C=O) groups is 1. The molecule has 0 radical (unpaired) electrons. The van der Waals surface area contributed by atoms with Gasteiger partial charge < -0.3 is 15.3 Å². The van der Waals surface area contributed by atoms with E-state index >= 15 is 0 Å². The van der Waals surface area contributed by atoms with E-state index in [-0.39, 0.29) is 11.9 Å². The monoisotopic (exact) mass is 360 g/mol. The summed E-state index contributed by atoms with van der Waals surface area (Å²) in [6.45, 7) is 1.32. The van der Waals surface area contributed by atoms with E-state index in [9.17, 15) is 9.90 Å². The maximum Gasteiger partial charge on any atom is 0.321 e. The van der Waals surface area contributed by atoms with Crippen molar-refractivity contribution in [3.8, 4) is 0 Å². The molecule has 0 bridgehead atoms. The zero-order valence-corrected chi connectivity index (χ0v) is 15.2. The van der Waals surface area contributed by atoms with Gasteiger partial charge >= 0.3 is 6.03 Å². The first kappa shape index (κ1) is 17.6. The fourth-order valence-electron chi connectivity index (χ4n) is 3.81. The van der Waals surface area contributed by atoms with Gasteiger partial charge in [0.25, 0.3) is 0 Å². The van der Waals surface area contributed by atoms with Crippen molar-refractivity contribution >= 4 is 22.5 Å². The van der Waals surface area contributed by atoms with Gasteiger partial charge in [0, 0.05) is 18.8 Å². The third-order valence-corrected chi connectivity index (χ3v) is 5.42. The van der Waals surface area contributed by atoms with Gasteiger partial charge in [0.2, 0.25) is 0 Å². The van der Waals surface area contributed by atoms with Crippen molar-refractivity contribution in [3.63, 3.8) is 0 Å². The highest BCUT2D eigenvalue weighted by Gasteiger charge is 2.28. The minimum absolute atomic E-state index is 0.0714. The zero-order valence-electron chi connectivity index (χ0n) is 15.2. The second kappa shape index (κ2) is 7.80. The quantitative estimate of drug-likeness (QED) is 0.704. The summed E-state index contributed by atoms with van der Waals surface area (Å²) in [7, 11) is 0. The van der Waals surface area contributed by atoms with E-state index in [2.05, 4.69) is 11.4 Å². The summed E-state index contributed by atoms with van der Waals surface area (Å²) in [4.78, 5) is 14.4. The molecule has 1 aliphatic rings. The van der Waals surface area contributed by atoms with Crippen molar-refractivity contribution in [1.82, 2.24) is 4.90 Å². The number of urea groups is 1. The van der Waals surface area contributed by atoms with Gasteiger partial charge in [-0.1, -0.05) is 60.7 Å². The molecule has 3 aromatic rings. The van der Waals surface area contributed by atoms with E-state index in [1.165, 1.54) is 0 Å². The van der Waals surface area contributed by atoms with Crippen LogP contribution in [0.4, 0.5) is 10.5 Å². The van der Waals surface area contributed by atoms with E-state index in [0.717, 1.165) is 34.9 Å². The van der Waals surface area contributed by atoms with Crippen LogP contribution in [-0.2, 0) is 0 Å². The third-order valence-electron chi connectivity index (χ3n) is 5.42. The Balaban J connectivity index is 1.35. The molecule has 1 saturated heterocycles. The number of nitrogens with zero attached hydrogens (tertiary/aromatic N) is 1. The van der Waals surface area contributed by atoms with Gasteiger partial charge in [-0.25, -0.2) is 4.79 Å². The van der Waals surface area contributed by atoms with Crippen LogP contribution in [0.3, 0.4) is 0 Å². The summed E-state index contributed by atoms with van der Waals surface area (Å²) >= 11 is 0. The summed E-state index contributed by atoms with van der Waals surface area (Å²) < 4.78 is 0. The molecule has 1 atom stereocenters. The van der Waals surface area contributed by atoms with E-state index < -0.39 is 6.10 Å². The maximum absolute atomic E-state index is 12.6. The first-order chi connectivity index (χ1) is 13.2. The summed E-state index contributed by atoms with van der Waals surface area (Å²) in [5, 5.41) is 15.9. The number of benzene rings is 3. The Bertz CT molecular complexity index is 918. The Hall–Kier alpha value is -2.85. The van der Waals surface area contributed by atoms with Crippen LogP contribution in [0, 0.1) is 5.92 Å². The van der Waals surface area contributed by atoms with E-state index in [1.807, 2.05) is 71.6 Å². The molecule has 138 valence electrons. The molecule has 1 heterocycles. The standard InChI is InChI=1S/C23H24N2O2/c26-22(18-7-2-1-3-8-18)19-12-14-25(15-13-19)23(27)24-21-11-10-17-6-4-5-9-20(17)16-21/h1-11,16,19,22,26H,12-15H2,(H,24,27). The van der Waals surface area contributed by atoms with Gasteiger partial charge in [-0.3, -0.25) is 0 Å². The minimum Gasteiger partial charge on any atom is -0.388 e. The van der Waals surface area contributed by atoms with Gasteiger partial charge in [-0.05, 0) is 47.2 Å². The SMILES string of the molecule is O=C(Nc1ccc2ccccc2c1)N1CCC(C(O)c2ccccc2)CC1. The van der Waals surface area contributed by atoms with Crippen LogP contribution in [0.15, 0.2) is 72.8 Å². The number of likely N-dealkylation sites (tertiary alicyclic amines) is 1. The second-order valence-corrected chi connectivity index (χ2v) is 7.17. The van der Waals surface area contributed by atoms with Crippen molar-refractivity contribution in [2.75, 3.05) is 18.4 Å². The maximum atomic E-state index is 12.6. The van der Waals surface area contributed by atoms with Crippen LogP contribution >= 0.6 is 0 Å². The number of hydrogen-bond donors (Lipinski definition) is 2. The lowest BCUT2D eigenvalue weighted by atomic mass is 9.87. The number of carbonyl (C=O) groups excluding carboxylic acids is 1. The molecular weight excluding hydrogens is 336 g/mol. The Morgan fingerprint density at radius 3 is 2.33 bits per heavy atom. The first-order valence-corrected chi connectivity index (χ1v) is 9.48. The number of nitrogens with one attached hydrogen (secondary N) is 1. The fourth-order valence-corrected chi connectivity index (χ4v) is 3.81. The molecule has 27 heavy (non-hydrogen) atoms. The van der Waals surface area contributed by atoms with Gasteiger partial charge in [0.05, 0.1) is 6.10 Å². The normalized spacial score (nSPS) is 16.3. The fraction of sp³-hybridized carbons (Fsp3) is 0.261. The largest absolute Gasteiger partial charge is 0.388 e. The number of amides is 2. The zero-order chi connectivity index (χ0) is 18.6. The summed E-state index contributed by atoms with van der Waals surface area (Å²) in [6.07, 6.45) is 1.15. The molecule has 1 unspecified atom stereocenters. The van der Waals surface area contributed by atoms with Gasteiger partial charge in [-0.15, -0.1) is 0 Å². The van der Waals surface area contributed by atoms with Crippen LogP contribution in [0.2, 0.25) is 0 Å². The van der Waals surface area contributed by atoms with Gasteiger partial charge in [0.15, 0.2) is 0 Å². The van der Waals surface area contributed by atoms with Crippen LogP contribution < -0.4 is 5.32 Å². The molecule has 0 aliphatic carbocycles. The van der Waals surface area contributed by atoms with Crippen molar-refractivity contribution in [2.45, 2.75) is 18.9 Å². The van der Waals surface area contributed by atoms with Crippen LogP contribution in [0.25, 0.3) is 10.8 Å². The van der Waals surface area contributed by atoms with Crippen molar-refractivity contribution in [2.24, 2.45) is 5.92 Å². The number of rotatable bonds is 3. The molecule has 1 aliphatic heterocycles. The molecule has 4 heteroatoms. The summed E-state index contributed by atoms with van der Waals surface area (Å²) in [5.74, 6) is 0.192. The lowest BCUT2D eigenvalue weighted by molar-refractivity contribution is 0.0683. The number of hydrogen-bond acceptors (Lipinski definition) is 2. The topological polar surface area (TPSA) is 52.6 Å². The van der Waals surface area contributed by atoms with Gasteiger partial charge in [-0.2, -0.15) is 0 Å². The predicted molar refractivity (Wildman–Crippen MR) is 109 cm³/mol. The molecule has 0 spiro atoms. The first-order valence-electron chi connectivity index (χ1n) is 9.48. The second-order valence-electron chi connectivity index (χ2n) is 7.17. The molecule has 2 N–H and O–H groups in total. The Labute approximate surface area is 159 Å². The molecule has 0 saturated carbocycles. The lowest BCUT2D eigenvalue weighted by Crippen LogP contribution is -2.42. The molecule has 2 amide bonds. The highest BCUT2D eigenvalue weighted by atomic mass is 16.3.